The summed E-state index contributed by atoms with van der Waals surface area (Å²) in [5.41, 5.74) is 2.88. The van der Waals surface area contributed by atoms with Crippen molar-refractivity contribution < 1.29 is 9.53 Å². The summed E-state index contributed by atoms with van der Waals surface area (Å²) >= 11 is 7.56. The standard InChI is InChI=1S/C24H24ClN5O3S/c1-4-30-22-21(15(2)28-30)27-24(29(23(22)32)13-16-7-5-6-8-19(16)25)34-14-20(31)26-17-9-11-18(33-3)12-10-17/h5-12H,4,13-14H2,1-3H3,(H,26,31). The van der Waals surface area contributed by atoms with Gasteiger partial charge in [-0.2, -0.15) is 5.10 Å². The second-order valence-corrected chi connectivity index (χ2v) is 8.89. The lowest BCUT2D eigenvalue weighted by molar-refractivity contribution is -0.113. The summed E-state index contributed by atoms with van der Waals surface area (Å²) in [6.45, 7) is 4.53. The van der Waals surface area contributed by atoms with E-state index in [0.29, 0.717) is 44.9 Å². The minimum Gasteiger partial charge on any atom is -0.497 e. The first-order chi connectivity index (χ1) is 16.4. The number of aromatic nitrogens is 4. The van der Waals surface area contributed by atoms with Gasteiger partial charge in [0.1, 0.15) is 11.3 Å². The summed E-state index contributed by atoms with van der Waals surface area (Å²) in [6, 6.07) is 14.4. The first-order valence-electron chi connectivity index (χ1n) is 10.7. The van der Waals surface area contributed by atoms with Gasteiger partial charge in [-0.05, 0) is 49.7 Å². The van der Waals surface area contributed by atoms with Crippen LogP contribution in [0.3, 0.4) is 0 Å². The lowest BCUT2D eigenvalue weighted by Gasteiger charge is -2.14. The molecular formula is C24H24ClN5O3S. The normalized spacial score (nSPS) is 11.1. The Morgan fingerprint density at radius 2 is 1.91 bits per heavy atom. The molecule has 4 rings (SSSR count). The molecule has 2 aromatic carbocycles. The summed E-state index contributed by atoms with van der Waals surface area (Å²) in [6.07, 6.45) is 0. The number of thioether (sulfide) groups is 1. The molecule has 0 spiro atoms. The van der Waals surface area contributed by atoms with E-state index in [1.807, 2.05) is 32.0 Å². The maximum Gasteiger partial charge on any atom is 0.280 e. The molecule has 0 saturated heterocycles. The third-order valence-electron chi connectivity index (χ3n) is 5.27. The average molecular weight is 498 g/mol. The minimum atomic E-state index is -0.217. The van der Waals surface area contributed by atoms with Crippen LogP contribution in [0.15, 0.2) is 58.5 Å². The van der Waals surface area contributed by atoms with Gasteiger partial charge in [-0.25, -0.2) is 4.98 Å². The van der Waals surface area contributed by atoms with E-state index < -0.39 is 0 Å². The fourth-order valence-electron chi connectivity index (χ4n) is 3.57. The smallest absolute Gasteiger partial charge is 0.280 e. The molecule has 2 heterocycles. The molecule has 1 amide bonds. The number of carbonyl (C=O) groups is 1. The summed E-state index contributed by atoms with van der Waals surface area (Å²) in [5.74, 6) is 0.569. The molecule has 0 bridgehead atoms. The highest BCUT2D eigenvalue weighted by molar-refractivity contribution is 7.99. The first-order valence-corrected chi connectivity index (χ1v) is 12.1. The van der Waals surface area contributed by atoms with Crippen LogP contribution in [0.25, 0.3) is 11.0 Å². The zero-order valence-electron chi connectivity index (χ0n) is 19.0. The quantitative estimate of drug-likeness (QED) is 0.287. The van der Waals surface area contributed by atoms with Gasteiger partial charge in [0.25, 0.3) is 5.56 Å². The van der Waals surface area contributed by atoms with Gasteiger partial charge in [-0.1, -0.05) is 41.6 Å². The number of methoxy groups -OCH3 is 1. The van der Waals surface area contributed by atoms with Gasteiger partial charge in [0.2, 0.25) is 5.91 Å². The van der Waals surface area contributed by atoms with E-state index in [1.165, 1.54) is 11.8 Å². The first kappa shape index (κ1) is 23.8. The second kappa shape index (κ2) is 10.3. The molecule has 0 aliphatic rings. The molecule has 176 valence electrons. The van der Waals surface area contributed by atoms with Gasteiger partial charge in [0.05, 0.1) is 25.1 Å². The molecule has 0 atom stereocenters. The predicted molar refractivity (Wildman–Crippen MR) is 135 cm³/mol. The fraction of sp³-hybridized carbons (Fsp3) is 0.250. The molecule has 0 aliphatic heterocycles. The van der Waals surface area contributed by atoms with Crippen LogP contribution in [0, 0.1) is 6.92 Å². The third-order valence-corrected chi connectivity index (χ3v) is 6.62. The van der Waals surface area contributed by atoms with E-state index in [2.05, 4.69) is 10.4 Å². The van der Waals surface area contributed by atoms with Crippen molar-refractivity contribution in [1.29, 1.82) is 0 Å². The summed E-state index contributed by atoms with van der Waals surface area (Å²) in [4.78, 5) is 30.9. The van der Waals surface area contributed by atoms with Crippen LogP contribution in [0.2, 0.25) is 5.02 Å². The van der Waals surface area contributed by atoms with Crippen LogP contribution in [0.1, 0.15) is 18.2 Å². The monoisotopic (exact) mass is 497 g/mol. The number of nitrogens with one attached hydrogen (secondary N) is 1. The Labute approximate surface area is 205 Å². The van der Waals surface area contributed by atoms with Gasteiger partial charge in [-0.3, -0.25) is 18.8 Å². The molecule has 0 fully saturated rings. The highest BCUT2D eigenvalue weighted by Crippen LogP contribution is 2.23. The van der Waals surface area contributed by atoms with Crippen LogP contribution in [0.5, 0.6) is 5.75 Å². The Balaban J connectivity index is 1.65. The van der Waals surface area contributed by atoms with E-state index in [1.54, 1.807) is 46.7 Å². The van der Waals surface area contributed by atoms with Crippen LogP contribution in [-0.2, 0) is 17.9 Å². The highest BCUT2D eigenvalue weighted by Gasteiger charge is 2.19. The Morgan fingerprint density at radius 1 is 1.18 bits per heavy atom. The van der Waals surface area contributed by atoms with Crippen LogP contribution < -0.4 is 15.6 Å². The van der Waals surface area contributed by atoms with Crippen molar-refractivity contribution in [2.45, 2.75) is 32.1 Å². The van der Waals surface area contributed by atoms with Crippen molar-refractivity contribution in [3.63, 3.8) is 0 Å². The Bertz CT molecular complexity index is 1400. The van der Waals surface area contributed by atoms with Crippen molar-refractivity contribution in [2.75, 3.05) is 18.2 Å². The number of benzene rings is 2. The maximum absolute atomic E-state index is 13.5. The maximum atomic E-state index is 13.5. The zero-order chi connectivity index (χ0) is 24.2. The van der Waals surface area contributed by atoms with Gasteiger partial charge in [0.15, 0.2) is 10.7 Å². The van der Waals surface area contributed by atoms with Crippen LogP contribution in [0.4, 0.5) is 5.69 Å². The zero-order valence-corrected chi connectivity index (χ0v) is 20.6. The van der Waals surface area contributed by atoms with Crippen molar-refractivity contribution in [2.24, 2.45) is 0 Å². The van der Waals surface area contributed by atoms with Gasteiger partial charge in [-0.15, -0.1) is 0 Å². The predicted octanol–water partition coefficient (Wildman–Crippen LogP) is 4.36. The van der Waals surface area contributed by atoms with E-state index >= 15 is 0 Å². The van der Waals surface area contributed by atoms with Gasteiger partial charge in [0, 0.05) is 17.3 Å². The molecule has 4 aromatic rings. The number of ether oxygens (including phenoxy) is 1. The number of fused-ring (bicyclic) bond motifs is 1. The Morgan fingerprint density at radius 3 is 2.59 bits per heavy atom. The molecule has 34 heavy (non-hydrogen) atoms. The lowest BCUT2D eigenvalue weighted by Crippen LogP contribution is -2.26. The SMILES string of the molecule is CCn1nc(C)c2nc(SCC(=O)Nc3ccc(OC)cc3)n(Cc3ccccc3Cl)c(=O)c21. The van der Waals surface area contributed by atoms with E-state index in [4.69, 9.17) is 21.3 Å². The van der Waals surface area contributed by atoms with E-state index in [0.717, 1.165) is 5.56 Å². The van der Waals surface area contributed by atoms with E-state index in [9.17, 15) is 9.59 Å². The third kappa shape index (κ3) is 4.95. The molecule has 0 saturated carbocycles. The van der Waals surface area contributed by atoms with Crippen LogP contribution >= 0.6 is 23.4 Å². The summed E-state index contributed by atoms with van der Waals surface area (Å²) < 4.78 is 8.36. The van der Waals surface area contributed by atoms with Crippen molar-refractivity contribution >= 4 is 46.0 Å². The molecule has 10 heteroatoms. The van der Waals surface area contributed by atoms with Crippen LogP contribution in [-0.4, -0.2) is 38.1 Å². The number of anilines is 1. The highest BCUT2D eigenvalue weighted by atomic mass is 35.5. The fourth-order valence-corrected chi connectivity index (χ4v) is 4.55. The summed E-state index contributed by atoms with van der Waals surface area (Å²) in [7, 11) is 1.59. The van der Waals surface area contributed by atoms with Gasteiger partial charge >= 0.3 is 0 Å². The van der Waals surface area contributed by atoms with Crippen molar-refractivity contribution in [3.8, 4) is 5.75 Å². The van der Waals surface area contributed by atoms with E-state index in [-0.39, 0.29) is 23.8 Å². The van der Waals surface area contributed by atoms with Crippen molar-refractivity contribution in [3.05, 3.63) is 75.2 Å². The summed E-state index contributed by atoms with van der Waals surface area (Å²) in [5, 5.41) is 8.30. The second-order valence-electron chi connectivity index (χ2n) is 7.54. The molecule has 8 nitrogen and oxygen atoms in total. The lowest BCUT2D eigenvalue weighted by atomic mass is 10.2. The topological polar surface area (TPSA) is 91.0 Å². The molecular weight excluding hydrogens is 474 g/mol. The minimum absolute atomic E-state index is 0.0768. The molecule has 0 aliphatic carbocycles. The largest absolute Gasteiger partial charge is 0.497 e. The molecule has 1 N–H and O–H groups in total. The molecule has 0 radical (unpaired) electrons. The number of halogens is 1. The Kier molecular flexibility index (Phi) is 7.23. The number of hydrogen-bond donors (Lipinski definition) is 1. The van der Waals surface area contributed by atoms with Gasteiger partial charge < -0.3 is 10.1 Å². The number of hydrogen-bond acceptors (Lipinski definition) is 6. The molecule has 0 unspecified atom stereocenters. The number of carbonyl (C=O) groups excluding carboxylic acids is 1. The molecule has 2 aromatic heterocycles. The number of aryl methyl sites for hydroxylation is 2. The average Bonchev–Trinajstić information content (AvgIpc) is 3.17. The van der Waals surface area contributed by atoms with Crippen molar-refractivity contribution in [1.82, 2.24) is 19.3 Å². The number of amides is 1. The number of rotatable bonds is 8. The Hall–Kier alpha value is -3.30. The number of nitrogens with zero attached hydrogens (tertiary/aromatic N) is 4.